The van der Waals surface area contributed by atoms with Crippen molar-refractivity contribution >= 4 is 11.8 Å². The number of carbonyl (C=O) groups is 2. The average molecular weight is 466 g/mol. The van der Waals surface area contributed by atoms with Crippen LogP contribution in [0.4, 0.5) is 0 Å². The maximum absolute atomic E-state index is 11.7. The minimum Gasteiger partial charge on any atom is -0.394 e. The van der Waals surface area contributed by atoms with E-state index in [1.54, 1.807) is 13.8 Å². The summed E-state index contributed by atoms with van der Waals surface area (Å²) >= 11 is 0. The Morgan fingerprint density at radius 1 is 0.875 bits per heavy atom. The van der Waals surface area contributed by atoms with Crippen molar-refractivity contribution in [2.45, 2.75) is 95.1 Å². The molecule has 10 atom stereocenters. The van der Waals surface area contributed by atoms with Crippen LogP contribution in [0.25, 0.3) is 0 Å². The maximum Gasteiger partial charge on any atom is 0.217 e. The van der Waals surface area contributed by atoms with Gasteiger partial charge in [-0.25, -0.2) is 0 Å². The molecule has 2 fully saturated rings. The van der Waals surface area contributed by atoms with Crippen LogP contribution < -0.4 is 10.6 Å². The third-order valence-electron chi connectivity index (χ3n) is 5.19. The van der Waals surface area contributed by atoms with Gasteiger partial charge < -0.3 is 55.1 Å². The number of carbonyl (C=O) groups excluding carboxylic acids is 2. The predicted molar refractivity (Wildman–Crippen MR) is 106 cm³/mol. The van der Waals surface area contributed by atoms with Crippen molar-refractivity contribution in [3.63, 3.8) is 0 Å². The van der Waals surface area contributed by atoms with Gasteiger partial charge in [0.25, 0.3) is 0 Å². The fourth-order valence-electron chi connectivity index (χ4n) is 3.84. The Kier molecular flexibility index (Phi) is 9.75. The van der Waals surface area contributed by atoms with Crippen LogP contribution in [0.2, 0.25) is 0 Å². The molecule has 0 bridgehead atoms. The largest absolute Gasteiger partial charge is 0.394 e. The minimum absolute atomic E-state index is 0.386. The summed E-state index contributed by atoms with van der Waals surface area (Å²) < 4.78 is 22.9. The van der Waals surface area contributed by atoms with E-state index < -0.39 is 86.3 Å². The molecule has 32 heavy (non-hydrogen) atoms. The second kappa shape index (κ2) is 11.6. The van der Waals surface area contributed by atoms with Crippen LogP contribution in [0.1, 0.15) is 27.7 Å². The lowest BCUT2D eigenvalue weighted by molar-refractivity contribution is -0.333. The molecule has 2 saturated heterocycles. The topological polar surface area (TPSA) is 196 Å². The van der Waals surface area contributed by atoms with Gasteiger partial charge in [-0.15, -0.1) is 0 Å². The molecule has 2 aliphatic heterocycles. The van der Waals surface area contributed by atoms with Crippen molar-refractivity contribution in [2.24, 2.45) is 0 Å². The van der Waals surface area contributed by atoms with Gasteiger partial charge in [-0.2, -0.15) is 0 Å². The number of aliphatic hydroxyl groups excluding tert-OH is 5. The monoisotopic (exact) mass is 466 g/mol. The number of amides is 2. The number of hydrogen-bond donors (Lipinski definition) is 7. The highest BCUT2D eigenvalue weighted by atomic mass is 16.7. The Hall–Kier alpha value is -1.42. The molecule has 5 unspecified atom stereocenters. The van der Waals surface area contributed by atoms with Crippen LogP contribution in [0.5, 0.6) is 0 Å². The van der Waals surface area contributed by atoms with Crippen LogP contribution in [0.3, 0.4) is 0 Å². The van der Waals surface area contributed by atoms with Gasteiger partial charge >= 0.3 is 0 Å². The minimum atomic E-state index is -1.55. The van der Waals surface area contributed by atoms with E-state index in [9.17, 15) is 35.1 Å². The molecule has 0 aromatic carbocycles. The van der Waals surface area contributed by atoms with Gasteiger partial charge in [0.15, 0.2) is 12.6 Å². The summed E-state index contributed by atoms with van der Waals surface area (Å²) in [5.41, 5.74) is 0. The van der Waals surface area contributed by atoms with Crippen molar-refractivity contribution in [1.82, 2.24) is 10.6 Å². The maximum atomic E-state index is 11.7. The first-order valence-electron chi connectivity index (χ1n) is 10.4. The first kappa shape index (κ1) is 26.8. The molecule has 2 rings (SSSR count). The van der Waals surface area contributed by atoms with Crippen molar-refractivity contribution in [2.75, 3.05) is 13.2 Å². The molecule has 2 amide bonds. The Labute approximate surface area is 185 Å². The second-order valence-electron chi connectivity index (χ2n) is 8.16. The molecule has 13 nitrogen and oxygen atoms in total. The van der Waals surface area contributed by atoms with E-state index in [-0.39, 0.29) is 6.10 Å². The summed E-state index contributed by atoms with van der Waals surface area (Å²) in [6, 6.07) is -2.31. The van der Waals surface area contributed by atoms with Crippen molar-refractivity contribution < 1.29 is 54.1 Å². The van der Waals surface area contributed by atoms with Gasteiger partial charge in [-0.05, 0) is 13.8 Å². The highest BCUT2D eigenvalue weighted by Crippen LogP contribution is 2.30. The first-order valence-corrected chi connectivity index (χ1v) is 10.4. The Balaban J connectivity index is 2.38. The Bertz CT molecular complexity index is 636. The van der Waals surface area contributed by atoms with Crippen LogP contribution in [0.15, 0.2) is 0 Å². The van der Waals surface area contributed by atoms with Gasteiger partial charge in [0.1, 0.15) is 48.7 Å². The summed E-state index contributed by atoms with van der Waals surface area (Å²) in [5, 5.41) is 55.4. The zero-order chi connectivity index (χ0) is 24.2. The van der Waals surface area contributed by atoms with Crippen molar-refractivity contribution in [3.05, 3.63) is 0 Å². The average Bonchev–Trinajstić information content (AvgIpc) is 2.70. The molecule has 2 heterocycles. The molecule has 0 radical (unpaired) electrons. The van der Waals surface area contributed by atoms with Crippen LogP contribution in [0, 0.1) is 0 Å². The van der Waals surface area contributed by atoms with Crippen molar-refractivity contribution in [3.8, 4) is 0 Å². The van der Waals surface area contributed by atoms with Crippen LogP contribution in [-0.2, 0) is 28.5 Å². The standard InChI is InChI=1S/C19H34N2O11/c1-7(2)29-17-13(21-9(4)25)18(28)30-11(6-23)16(17)32-19-12(20-8(3)24)15(27)14(26)10(5-22)31-19/h7,10-19,22-23,26-28H,5-6H2,1-4H3,(H,20,24)(H,21,25)/t10?,11?,12?,13?,14-,15-,16-,17-,18?,19+/m1/s1. The van der Waals surface area contributed by atoms with E-state index in [1.807, 2.05) is 0 Å². The fraction of sp³-hybridized carbons (Fsp3) is 0.895. The van der Waals surface area contributed by atoms with Crippen LogP contribution >= 0.6 is 0 Å². The molecule has 7 N–H and O–H groups in total. The number of hydrogen-bond acceptors (Lipinski definition) is 11. The molecule has 0 aliphatic carbocycles. The van der Waals surface area contributed by atoms with Crippen molar-refractivity contribution in [1.29, 1.82) is 0 Å². The van der Waals surface area contributed by atoms with E-state index in [0.717, 1.165) is 0 Å². The molecule has 0 spiro atoms. The normalized spacial score (nSPS) is 40.2. The zero-order valence-corrected chi connectivity index (χ0v) is 18.5. The van der Waals surface area contributed by atoms with Gasteiger partial charge in [0.05, 0.1) is 19.3 Å². The van der Waals surface area contributed by atoms with Gasteiger partial charge in [-0.3, -0.25) is 9.59 Å². The SMILES string of the molecule is CC(=O)NC1[C@H](O[C@@H]2C(CO)OC(O)C(NC(C)=O)[C@H]2OC(C)C)OC(CO)[C@@H](O)[C@@H]1O. The van der Waals surface area contributed by atoms with Crippen LogP contribution in [-0.4, -0.2) is 118 Å². The Morgan fingerprint density at radius 3 is 1.94 bits per heavy atom. The highest BCUT2D eigenvalue weighted by Gasteiger charge is 2.52. The summed E-state index contributed by atoms with van der Waals surface area (Å²) in [7, 11) is 0. The number of rotatable bonds is 8. The van der Waals surface area contributed by atoms with E-state index in [4.69, 9.17) is 18.9 Å². The summed E-state index contributed by atoms with van der Waals surface area (Å²) in [5.74, 6) is -1.01. The molecule has 13 heteroatoms. The third-order valence-corrected chi connectivity index (χ3v) is 5.19. The number of aliphatic hydroxyl groups is 5. The fourth-order valence-corrected chi connectivity index (χ4v) is 3.84. The zero-order valence-electron chi connectivity index (χ0n) is 18.5. The molecule has 0 saturated carbocycles. The summed E-state index contributed by atoms with van der Waals surface area (Å²) in [4.78, 5) is 23.4. The van der Waals surface area contributed by atoms with Gasteiger partial charge in [0, 0.05) is 13.8 Å². The lowest BCUT2D eigenvalue weighted by Crippen LogP contribution is -2.69. The molecule has 186 valence electrons. The first-order chi connectivity index (χ1) is 15.0. The highest BCUT2D eigenvalue weighted by molar-refractivity contribution is 5.73. The lowest BCUT2D eigenvalue weighted by Gasteiger charge is -2.48. The predicted octanol–water partition coefficient (Wildman–Crippen LogP) is -3.68. The Morgan fingerprint density at radius 2 is 1.44 bits per heavy atom. The third kappa shape index (κ3) is 6.34. The second-order valence-corrected chi connectivity index (χ2v) is 8.16. The molecule has 0 aromatic rings. The van der Waals surface area contributed by atoms with Gasteiger partial charge in [-0.1, -0.05) is 0 Å². The van der Waals surface area contributed by atoms with E-state index in [0.29, 0.717) is 0 Å². The lowest BCUT2D eigenvalue weighted by atomic mass is 9.94. The van der Waals surface area contributed by atoms with E-state index in [1.165, 1.54) is 13.8 Å². The number of ether oxygens (including phenoxy) is 4. The van der Waals surface area contributed by atoms with Gasteiger partial charge in [0.2, 0.25) is 11.8 Å². The molecular formula is C19H34N2O11. The smallest absolute Gasteiger partial charge is 0.217 e. The molecule has 0 aromatic heterocycles. The van der Waals surface area contributed by atoms with E-state index in [2.05, 4.69) is 10.6 Å². The summed E-state index contributed by atoms with van der Waals surface area (Å²) in [6.07, 6.45) is -10.9. The van der Waals surface area contributed by atoms with E-state index >= 15 is 0 Å². The summed E-state index contributed by atoms with van der Waals surface area (Å²) in [6.45, 7) is 4.64. The number of nitrogens with one attached hydrogen (secondary N) is 2. The molecule has 2 aliphatic rings. The quantitative estimate of drug-likeness (QED) is 0.186. The molecular weight excluding hydrogens is 432 g/mol.